The van der Waals surface area contributed by atoms with Crippen LogP contribution in [0.3, 0.4) is 0 Å². The number of hydrogen-bond donors (Lipinski definition) is 1. The molecule has 2 heterocycles. The molecule has 1 N–H and O–H groups in total. The Kier molecular flexibility index (Phi) is 3.06. The summed E-state index contributed by atoms with van der Waals surface area (Å²) in [5.41, 5.74) is 0. The molecule has 0 spiro atoms. The van der Waals surface area contributed by atoms with Crippen molar-refractivity contribution < 1.29 is 9.90 Å². The van der Waals surface area contributed by atoms with Gasteiger partial charge in [-0.25, -0.2) is 0 Å². The fourth-order valence-corrected chi connectivity index (χ4v) is 3.22. The second kappa shape index (κ2) is 4.71. The molecule has 0 radical (unpaired) electrons. The highest BCUT2D eigenvalue weighted by Crippen LogP contribution is 2.33. The van der Waals surface area contributed by atoms with Gasteiger partial charge >= 0.3 is 5.97 Å². The van der Waals surface area contributed by atoms with Crippen LogP contribution in [0, 0.1) is 5.92 Å². The lowest BCUT2D eigenvalue weighted by Crippen LogP contribution is -2.27. The van der Waals surface area contributed by atoms with Crippen molar-refractivity contribution >= 4 is 5.97 Å². The van der Waals surface area contributed by atoms with Gasteiger partial charge in [-0.2, -0.15) is 0 Å². The van der Waals surface area contributed by atoms with Crippen LogP contribution in [-0.4, -0.2) is 25.8 Å². The van der Waals surface area contributed by atoms with Crippen LogP contribution in [0.1, 0.15) is 56.1 Å². The second-order valence-electron chi connectivity index (χ2n) is 5.49. The van der Waals surface area contributed by atoms with E-state index in [1.54, 1.807) is 0 Å². The Morgan fingerprint density at radius 1 is 1.17 bits per heavy atom. The summed E-state index contributed by atoms with van der Waals surface area (Å²) in [6, 6.07) is 0. The van der Waals surface area contributed by atoms with E-state index in [0.717, 1.165) is 18.2 Å². The summed E-state index contributed by atoms with van der Waals surface area (Å²) in [4.78, 5) is 11.0. The molecule has 1 aliphatic heterocycles. The Morgan fingerprint density at radius 2 is 1.94 bits per heavy atom. The highest BCUT2D eigenvalue weighted by molar-refractivity contribution is 5.70. The van der Waals surface area contributed by atoms with Crippen molar-refractivity contribution in [2.24, 2.45) is 5.92 Å². The lowest BCUT2D eigenvalue weighted by atomic mass is 9.88. The molecule has 5 nitrogen and oxygen atoms in total. The molecule has 1 atom stereocenters. The maximum Gasteiger partial charge on any atom is 0.307 e. The predicted molar refractivity (Wildman–Crippen MR) is 65.3 cm³/mol. The van der Waals surface area contributed by atoms with E-state index in [9.17, 15) is 4.79 Å². The molecular formula is C13H19N3O2. The fraction of sp³-hybridized carbons (Fsp3) is 0.769. The minimum absolute atomic E-state index is 0.277. The molecule has 18 heavy (non-hydrogen) atoms. The van der Waals surface area contributed by atoms with Gasteiger partial charge in [0.05, 0.1) is 5.92 Å². The fourth-order valence-electron chi connectivity index (χ4n) is 3.22. The molecule has 1 saturated carbocycles. The number of carbonyl (C=O) groups is 1. The van der Waals surface area contributed by atoms with Crippen LogP contribution in [-0.2, 0) is 17.8 Å². The Bertz CT molecular complexity index is 449. The van der Waals surface area contributed by atoms with Crippen molar-refractivity contribution in [3.8, 4) is 0 Å². The first-order chi connectivity index (χ1) is 8.75. The van der Waals surface area contributed by atoms with Gasteiger partial charge in [0.1, 0.15) is 11.6 Å². The Balaban J connectivity index is 1.81. The van der Waals surface area contributed by atoms with Gasteiger partial charge in [0.25, 0.3) is 0 Å². The van der Waals surface area contributed by atoms with Gasteiger partial charge in [-0.1, -0.05) is 19.3 Å². The first-order valence-corrected chi connectivity index (χ1v) is 6.90. The molecule has 2 aliphatic rings. The zero-order valence-corrected chi connectivity index (χ0v) is 10.5. The number of hydrogen-bond acceptors (Lipinski definition) is 3. The quantitative estimate of drug-likeness (QED) is 0.870. The number of aliphatic carboxylic acids is 1. The van der Waals surface area contributed by atoms with Crippen molar-refractivity contribution in [2.75, 3.05) is 0 Å². The summed E-state index contributed by atoms with van der Waals surface area (Å²) < 4.78 is 2.18. The maximum atomic E-state index is 11.0. The van der Waals surface area contributed by atoms with Crippen LogP contribution in [0.25, 0.3) is 0 Å². The van der Waals surface area contributed by atoms with Gasteiger partial charge in [-0.05, 0) is 19.3 Å². The molecule has 0 bridgehead atoms. The predicted octanol–water partition coefficient (Wildman–Crippen LogP) is 1.97. The van der Waals surface area contributed by atoms with E-state index in [2.05, 4.69) is 14.8 Å². The van der Waals surface area contributed by atoms with Gasteiger partial charge < -0.3 is 9.67 Å². The average Bonchev–Trinajstić information content (AvgIpc) is 2.82. The summed E-state index contributed by atoms with van der Waals surface area (Å²) in [5.74, 6) is 1.54. The SMILES string of the molecule is O=C(O)C1CCn2c(nnc2C2CCCCC2)C1. The molecule has 0 saturated heterocycles. The zero-order chi connectivity index (χ0) is 12.5. The molecule has 98 valence electrons. The van der Waals surface area contributed by atoms with Gasteiger partial charge in [-0.15, -0.1) is 10.2 Å². The van der Waals surface area contributed by atoms with Gasteiger partial charge in [0.15, 0.2) is 0 Å². The standard InChI is InChI=1S/C13H19N3O2/c17-13(18)10-6-7-16-11(8-10)14-15-12(16)9-4-2-1-3-5-9/h9-10H,1-8H2,(H,17,18). The Labute approximate surface area is 106 Å². The normalized spacial score (nSPS) is 24.8. The molecule has 1 fully saturated rings. The van der Waals surface area contributed by atoms with Crippen molar-refractivity contribution in [2.45, 2.75) is 57.4 Å². The van der Waals surface area contributed by atoms with Crippen LogP contribution in [0.2, 0.25) is 0 Å². The minimum atomic E-state index is -0.705. The van der Waals surface area contributed by atoms with Crippen molar-refractivity contribution in [3.05, 3.63) is 11.6 Å². The number of aromatic nitrogens is 3. The summed E-state index contributed by atoms with van der Waals surface area (Å²) in [6.45, 7) is 0.769. The summed E-state index contributed by atoms with van der Waals surface area (Å²) >= 11 is 0. The average molecular weight is 249 g/mol. The summed E-state index contributed by atoms with van der Waals surface area (Å²) in [5, 5.41) is 17.6. The summed E-state index contributed by atoms with van der Waals surface area (Å²) in [7, 11) is 0. The highest BCUT2D eigenvalue weighted by atomic mass is 16.4. The van der Waals surface area contributed by atoms with E-state index in [1.807, 2.05) is 0 Å². The van der Waals surface area contributed by atoms with Crippen LogP contribution in [0.5, 0.6) is 0 Å². The molecule has 0 aromatic carbocycles. The van der Waals surface area contributed by atoms with Crippen LogP contribution in [0.15, 0.2) is 0 Å². The van der Waals surface area contributed by atoms with Gasteiger partial charge in [0, 0.05) is 18.9 Å². The molecule has 1 aliphatic carbocycles. The lowest BCUT2D eigenvalue weighted by Gasteiger charge is -2.25. The van der Waals surface area contributed by atoms with Crippen LogP contribution >= 0.6 is 0 Å². The monoisotopic (exact) mass is 249 g/mol. The first-order valence-electron chi connectivity index (χ1n) is 6.90. The van der Waals surface area contributed by atoms with Crippen LogP contribution in [0.4, 0.5) is 0 Å². The largest absolute Gasteiger partial charge is 0.481 e. The first kappa shape index (κ1) is 11.7. The van der Waals surface area contributed by atoms with Crippen molar-refractivity contribution in [3.63, 3.8) is 0 Å². The smallest absolute Gasteiger partial charge is 0.307 e. The molecule has 0 amide bonds. The van der Waals surface area contributed by atoms with E-state index in [1.165, 1.54) is 32.1 Å². The summed E-state index contributed by atoms with van der Waals surface area (Å²) in [6.07, 6.45) is 7.56. The number of carboxylic acid groups (broad SMARTS) is 1. The maximum absolute atomic E-state index is 11.0. The van der Waals surface area contributed by atoms with E-state index in [-0.39, 0.29) is 5.92 Å². The van der Waals surface area contributed by atoms with Gasteiger partial charge in [0.2, 0.25) is 0 Å². The second-order valence-corrected chi connectivity index (χ2v) is 5.49. The third-order valence-electron chi connectivity index (χ3n) is 4.31. The van der Waals surface area contributed by atoms with Crippen molar-refractivity contribution in [1.29, 1.82) is 0 Å². The van der Waals surface area contributed by atoms with E-state index in [4.69, 9.17) is 5.11 Å². The molecule has 1 unspecified atom stereocenters. The number of carboxylic acids is 1. The van der Waals surface area contributed by atoms with Crippen LogP contribution < -0.4 is 0 Å². The van der Waals surface area contributed by atoms with E-state index < -0.39 is 5.97 Å². The molecule has 1 aromatic heterocycles. The number of nitrogens with zero attached hydrogens (tertiary/aromatic N) is 3. The third-order valence-corrected chi connectivity index (χ3v) is 4.31. The topological polar surface area (TPSA) is 68.0 Å². The number of fused-ring (bicyclic) bond motifs is 1. The highest BCUT2D eigenvalue weighted by Gasteiger charge is 2.30. The zero-order valence-electron chi connectivity index (χ0n) is 10.5. The lowest BCUT2D eigenvalue weighted by molar-refractivity contribution is -0.142. The molecule has 3 rings (SSSR count). The van der Waals surface area contributed by atoms with E-state index in [0.29, 0.717) is 18.8 Å². The molecule has 5 heteroatoms. The Morgan fingerprint density at radius 3 is 2.67 bits per heavy atom. The third kappa shape index (κ3) is 2.02. The minimum Gasteiger partial charge on any atom is -0.481 e. The Hall–Kier alpha value is -1.39. The molecular weight excluding hydrogens is 230 g/mol. The van der Waals surface area contributed by atoms with Gasteiger partial charge in [-0.3, -0.25) is 4.79 Å². The van der Waals surface area contributed by atoms with E-state index >= 15 is 0 Å². The number of rotatable bonds is 2. The van der Waals surface area contributed by atoms with Crippen molar-refractivity contribution in [1.82, 2.24) is 14.8 Å². The molecule has 1 aromatic rings.